The van der Waals surface area contributed by atoms with Gasteiger partial charge in [-0.05, 0) is 49.6 Å². The van der Waals surface area contributed by atoms with Crippen molar-refractivity contribution in [3.8, 4) is 0 Å². The van der Waals surface area contributed by atoms with Gasteiger partial charge in [0.15, 0.2) is 0 Å². The third-order valence-electron chi connectivity index (χ3n) is 2.95. The fourth-order valence-electron chi connectivity index (χ4n) is 2.07. The second-order valence-corrected chi connectivity index (χ2v) is 7.02. The number of amides is 1. The Morgan fingerprint density at radius 2 is 2.10 bits per heavy atom. The van der Waals surface area contributed by atoms with Crippen LogP contribution in [0.1, 0.15) is 26.3 Å². The first-order valence-corrected chi connectivity index (χ1v) is 7.90. The summed E-state index contributed by atoms with van der Waals surface area (Å²) < 4.78 is 6.45. The summed E-state index contributed by atoms with van der Waals surface area (Å²) in [6.45, 7) is 5.91. The quantitative estimate of drug-likeness (QED) is 0.911. The van der Waals surface area contributed by atoms with Crippen molar-refractivity contribution in [3.63, 3.8) is 0 Å². The van der Waals surface area contributed by atoms with Gasteiger partial charge in [-0.3, -0.25) is 0 Å². The lowest BCUT2D eigenvalue weighted by Crippen LogP contribution is -2.41. The van der Waals surface area contributed by atoms with Gasteiger partial charge < -0.3 is 15.8 Å². The van der Waals surface area contributed by atoms with Crippen LogP contribution in [0, 0.1) is 0 Å². The summed E-state index contributed by atoms with van der Waals surface area (Å²) in [6.07, 6.45) is 0.313. The molecule has 1 atom stereocenters. The standard InChI is InChI=1S/C16H22N2O2S/c1-16(2,3)20-15(19)18-9-12(17)8-11-10-21-14-7-5-4-6-13(11)14/h4-7,10,12H,8-9,17H2,1-3H3,(H,18,19)/t12-/m0/s1. The molecule has 0 aliphatic rings. The lowest BCUT2D eigenvalue weighted by atomic mass is 10.1. The molecular formula is C16H22N2O2S. The molecule has 1 heterocycles. The summed E-state index contributed by atoms with van der Waals surface area (Å²) in [7, 11) is 0. The highest BCUT2D eigenvalue weighted by molar-refractivity contribution is 7.17. The third kappa shape index (κ3) is 4.72. The Kier molecular flexibility index (Phi) is 4.85. The molecule has 0 saturated heterocycles. The van der Waals surface area contributed by atoms with Gasteiger partial charge in [-0.25, -0.2) is 4.79 Å². The molecule has 114 valence electrons. The van der Waals surface area contributed by atoms with Gasteiger partial charge in [0.25, 0.3) is 0 Å². The topological polar surface area (TPSA) is 64.3 Å². The van der Waals surface area contributed by atoms with Crippen molar-refractivity contribution in [2.24, 2.45) is 5.73 Å². The van der Waals surface area contributed by atoms with Crippen LogP contribution in [0.15, 0.2) is 29.6 Å². The number of hydrogen-bond donors (Lipinski definition) is 2. The number of alkyl carbamates (subject to hydrolysis) is 1. The van der Waals surface area contributed by atoms with Crippen LogP contribution < -0.4 is 11.1 Å². The van der Waals surface area contributed by atoms with Crippen molar-refractivity contribution in [2.45, 2.75) is 38.8 Å². The van der Waals surface area contributed by atoms with E-state index in [1.807, 2.05) is 32.9 Å². The molecule has 0 unspecified atom stereocenters. The van der Waals surface area contributed by atoms with Crippen LogP contribution in [0.3, 0.4) is 0 Å². The minimum absolute atomic E-state index is 0.129. The Labute approximate surface area is 129 Å². The minimum Gasteiger partial charge on any atom is -0.444 e. The van der Waals surface area contributed by atoms with E-state index in [-0.39, 0.29) is 6.04 Å². The highest BCUT2D eigenvalue weighted by Gasteiger charge is 2.17. The van der Waals surface area contributed by atoms with Gasteiger partial charge in [-0.1, -0.05) is 18.2 Å². The molecule has 5 heteroatoms. The molecule has 1 aromatic carbocycles. The average Bonchev–Trinajstić information content (AvgIpc) is 2.78. The van der Waals surface area contributed by atoms with Crippen molar-refractivity contribution >= 4 is 27.5 Å². The van der Waals surface area contributed by atoms with Crippen molar-refractivity contribution in [2.75, 3.05) is 6.54 Å². The number of nitrogens with two attached hydrogens (primary N) is 1. The molecule has 0 aliphatic heterocycles. The molecule has 0 bridgehead atoms. The van der Waals surface area contributed by atoms with Crippen LogP contribution in [-0.4, -0.2) is 24.3 Å². The van der Waals surface area contributed by atoms with Crippen molar-refractivity contribution in [3.05, 3.63) is 35.2 Å². The molecule has 2 aromatic rings. The first-order chi connectivity index (χ1) is 9.85. The van der Waals surface area contributed by atoms with E-state index < -0.39 is 11.7 Å². The fraction of sp³-hybridized carbons (Fsp3) is 0.438. The highest BCUT2D eigenvalue weighted by Crippen LogP contribution is 2.26. The average molecular weight is 306 g/mol. The summed E-state index contributed by atoms with van der Waals surface area (Å²) in [6, 6.07) is 8.15. The number of carbonyl (C=O) groups is 1. The van der Waals surface area contributed by atoms with E-state index >= 15 is 0 Å². The zero-order valence-corrected chi connectivity index (χ0v) is 13.5. The van der Waals surface area contributed by atoms with Crippen molar-refractivity contribution < 1.29 is 9.53 Å². The Hall–Kier alpha value is -1.59. The van der Waals surface area contributed by atoms with Gasteiger partial charge in [0.05, 0.1) is 0 Å². The maximum Gasteiger partial charge on any atom is 0.407 e. The minimum atomic E-state index is -0.488. The lowest BCUT2D eigenvalue weighted by Gasteiger charge is -2.20. The van der Waals surface area contributed by atoms with Crippen LogP contribution >= 0.6 is 11.3 Å². The van der Waals surface area contributed by atoms with E-state index in [1.165, 1.54) is 15.6 Å². The van der Waals surface area contributed by atoms with E-state index in [0.29, 0.717) is 6.54 Å². The summed E-state index contributed by atoms with van der Waals surface area (Å²) in [4.78, 5) is 11.6. The van der Waals surface area contributed by atoms with E-state index in [0.717, 1.165) is 6.42 Å². The second kappa shape index (κ2) is 6.45. The zero-order valence-electron chi connectivity index (χ0n) is 12.7. The monoisotopic (exact) mass is 306 g/mol. The van der Waals surface area contributed by atoms with Gasteiger partial charge in [0.1, 0.15) is 5.60 Å². The first kappa shape index (κ1) is 15.8. The fourth-order valence-corrected chi connectivity index (χ4v) is 3.05. The van der Waals surface area contributed by atoms with Crippen LogP contribution in [-0.2, 0) is 11.2 Å². The van der Waals surface area contributed by atoms with E-state index in [4.69, 9.17) is 10.5 Å². The Bertz CT molecular complexity index is 616. The second-order valence-electron chi connectivity index (χ2n) is 6.10. The van der Waals surface area contributed by atoms with E-state index in [9.17, 15) is 4.79 Å². The summed E-state index contributed by atoms with van der Waals surface area (Å²) in [5.41, 5.74) is 6.84. The largest absolute Gasteiger partial charge is 0.444 e. The van der Waals surface area contributed by atoms with Gasteiger partial charge in [0, 0.05) is 17.3 Å². The number of ether oxygens (including phenoxy) is 1. The highest BCUT2D eigenvalue weighted by atomic mass is 32.1. The van der Waals surface area contributed by atoms with E-state index in [1.54, 1.807) is 11.3 Å². The molecule has 0 fully saturated rings. The number of rotatable bonds is 4. The van der Waals surface area contributed by atoms with Gasteiger partial charge in [0.2, 0.25) is 0 Å². The maximum atomic E-state index is 11.6. The summed E-state index contributed by atoms with van der Waals surface area (Å²) in [5.74, 6) is 0. The Balaban J connectivity index is 1.87. The molecule has 0 saturated carbocycles. The molecule has 0 aliphatic carbocycles. The number of benzene rings is 1. The van der Waals surface area contributed by atoms with E-state index in [2.05, 4.69) is 22.8 Å². The number of hydrogen-bond acceptors (Lipinski definition) is 4. The molecule has 4 nitrogen and oxygen atoms in total. The van der Waals surface area contributed by atoms with Crippen LogP contribution in [0.5, 0.6) is 0 Å². The molecule has 21 heavy (non-hydrogen) atoms. The third-order valence-corrected chi connectivity index (χ3v) is 3.96. The normalized spacial score (nSPS) is 13.1. The molecular weight excluding hydrogens is 284 g/mol. The summed E-state index contributed by atoms with van der Waals surface area (Å²) >= 11 is 1.72. The lowest BCUT2D eigenvalue weighted by molar-refractivity contribution is 0.0524. The van der Waals surface area contributed by atoms with Crippen LogP contribution in [0.2, 0.25) is 0 Å². The molecule has 3 N–H and O–H groups in total. The number of nitrogens with one attached hydrogen (secondary N) is 1. The van der Waals surface area contributed by atoms with Gasteiger partial charge >= 0.3 is 6.09 Å². The van der Waals surface area contributed by atoms with Crippen molar-refractivity contribution in [1.29, 1.82) is 0 Å². The zero-order chi connectivity index (χ0) is 15.5. The van der Waals surface area contributed by atoms with Crippen LogP contribution in [0.4, 0.5) is 4.79 Å². The summed E-state index contributed by atoms with van der Waals surface area (Å²) in [5, 5.41) is 6.10. The molecule has 1 aromatic heterocycles. The van der Waals surface area contributed by atoms with Crippen LogP contribution in [0.25, 0.3) is 10.1 Å². The number of thiophene rings is 1. The Morgan fingerprint density at radius 1 is 1.38 bits per heavy atom. The number of fused-ring (bicyclic) bond motifs is 1. The maximum absolute atomic E-state index is 11.6. The van der Waals surface area contributed by atoms with Crippen molar-refractivity contribution in [1.82, 2.24) is 5.32 Å². The smallest absolute Gasteiger partial charge is 0.407 e. The molecule has 2 rings (SSSR count). The predicted octanol–water partition coefficient (Wildman–Crippen LogP) is 3.30. The van der Waals surface area contributed by atoms with Gasteiger partial charge in [-0.15, -0.1) is 11.3 Å². The SMILES string of the molecule is CC(C)(C)OC(=O)NC[C@@H](N)Cc1csc2ccccc12. The molecule has 0 radical (unpaired) electrons. The van der Waals surface area contributed by atoms with Gasteiger partial charge in [-0.2, -0.15) is 0 Å². The predicted molar refractivity (Wildman–Crippen MR) is 87.7 cm³/mol. The first-order valence-electron chi connectivity index (χ1n) is 7.03. The Morgan fingerprint density at radius 3 is 2.81 bits per heavy atom. The molecule has 0 spiro atoms. The number of carbonyl (C=O) groups excluding carboxylic acids is 1. The molecule has 1 amide bonds.